The van der Waals surface area contributed by atoms with Gasteiger partial charge in [-0.3, -0.25) is 9.10 Å². The van der Waals surface area contributed by atoms with E-state index in [9.17, 15) is 13.2 Å². The van der Waals surface area contributed by atoms with Crippen molar-refractivity contribution in [2.24, 2.45) is 0 Å². The van der Waals surface area contributed by atoms with Crippen LogP contribution in [0.1, 0.15) is 23.2 Å². The first-order valence-corrected chi connectivity index (χ1v) is 10.3. The number of benzene rings is 2. The number of sulfonamides is 1. The number of para-hydroxylation sites is 2. The quantitative estimate of drug-likeness (QED) is 0.786. The van der Waals surface area contributed by atoms with Crippen molar-refractivity contribution in [1.29, 1.82) is 0 Å². The molecule has 1 aliphatic rings. The Hall–Kier alpha value is -2.74. The van der Waals surface area contributed by atoms with E-state index in [1.54, 1.807) is 42.5 Å². The van der Waals surface area contributed by atoms with E-state index in [4.69, 9.17) is 9.47 Å². The second-order valence-electron chi connectivity index (χ2n) is 6.36. The number of carbonyl (C=O) groups is 1. The smallest absolute Gasteiger partial charge is 0.255 e. The number of rotatable bonds is 7. The van der Waals surface area contributed by atoms with Crippen LogP contribution in [0.3, 0.4) is 0 Å². The lowest BCUT2D eigenvalue weighted by Gasteiger charge is -2.24. The average molecular weight is 390 g/mol. The van der Waals surface area contributed by atoms with Crippen LogP contribution in [-0.4, -0.2) is 40.8 Å². The summed E-state index contributed by atoms with van der Waals surface area (Å²) in [5.74, 6) is 0.593. The van der Waals surface area contributed by atoms with Crippen molar-refractivity contribution in [2.75, 3.05) is 30.1 Å². The zero-order chi connectivity index (χ0) is 19.6. The van der Waals surface area contributed by atoms with E-state index < -0.39 is 10.0 Å². The Bertz CT molecular complexity index is 932. The molecule has 0 unspecified atom stereocenters. The van der Waals surface area contributed by atoms with Gasteiger partial charge < -0.3 is 14.8 Å². The van der Waals surface area contributed by atoms with E-state index in [1.165, 1.54) is 24.8 Å². The van der Waals surface area contributed by atoms with E-state index in [2.05, 4.69) is 5.32 Å². The van der Waals surface area contributed by atoms with Crippen LogP contribution in [0.15, 0.2) is 42.5 Å². The Kier molecular flexibility index (Phi) is 5.27. The summed E-state index contributed by atoms with van der Waals surface area (Å²) in [6.07, 6.45) is 2.79. The molecule has 0 radical (unpaired) electrons. The van der Waals surface area contributed by atoms with Gasteiger partial charge in [0.2, 0.25) is 10.0 Å². The second kappa shape index (κ2) is 7.48. The van der Waals surface area contributed by atoms with Crippen molar-refractivity contribution in [1.82, 2.24) is 0 Å². The molecular formula is C19H22N2O5S. The van der Waals surface area contributed by atoms with Gasteiger partial charge in [0, 0.05) is 17.7 Å². The van der Waals surface area contributed by atoms with Gasteiger partial charge in [0.25, 0.3) is 5.91 Å². The first kappa shape index (κ1) is 19.0. The van der Waals surface area contributed by atoms with Gasteiger partial charge in [-0.1, -0.05) is 12.1 Å². The molecule has 27 heavy (non-hydrogen) atoms. The third-order valence-corrected chi connectivity index (χ3v) is 5.45. The van der Waals surface area contributed by atoms with Crippen molar-refractivity contribution in [2.45, 2.75) is 18.9 Å². The van der Waals surface area contributed by atoms with Gasteiger partial charge in [-0.15, -0.1) is 0 Å². The number of hydrogen-bond acceptors (Lipinski definition) is 5. The number of carbonyl (C=O) groups excluding carboxylic acids is 1. The maximum absolute atomic E-state index is 12.8. The molecule has 7 nitrogen and oxygen atoms in total. The fourth-order valence-corrected chi connectivity index (χ4v) is 4.13. The maximum Gasteiger partial charge on any atom is 0.255 e. The van der Waals surface area contributed by atoms with E-state index in [0.717, 1.165) is 12.8 Å². The Balaban J connectivity index is 1.94. The summed E-state index contributed by atoms with van der Waals surface area (Å²) in [4.78, 5) is 12.8. The number of nitrogens with one attached hydrogen (secondary N) is 1. The number of ether oxygens (including phenoxy) is 2. The van der Waals surface area contributed by atoms with E-state index in [0.29, 0.717) is 28.4 Å². The molecule has 0 aliphatic heterocycles. The van der Waals surface area contributed by atoms with Crippen molar-refractivity contribution >= 4 is 27.3 Å². The molecule has 144 valence electrons. The minimum atomic E-state index is -3.46. The van der Waals surface area contributed by atoms with Crippen molar-refractivity contribution in [3.8, 4) is 11.5 Å². The first-order valence-electron chi connectivity index (χ1n) is 8.46. The number of nitrogens with zero attached hydrogens (tertiary/aromatic N) is 1. The summed E-state index contributed by atoms with van der Waals surface area (Å²) >= 11 is 0. The normalized spacial score (nSPS) is 13.7. The Morgan fingerprint density at radius 3 is 2.19 bits per heavy atom. The number of anilines is 2. The van der Waals surface area contributed by atoms with Crippen LogP contribution < -0.4 is 19.1 Å². The summed E-state index contributed by atoms with van der Waals surface area (Å²) in [5, 5.41) is 2.81. The monoisotopic (exact) mass is 390 g/mol. The molecule has 1 saturated carbocycles. The third-order valence-electron chi connectivity index (χ3n) is 4.24. The first-order chi connectivity index (χ1) is 12.8. The number of methoxy groups -OCH3 is 2. The molecule has 1 amide bonds. The summed E-state index contributed by atoms with van der Waals surface area (Å²) < 4.78 is 36.3. The van der Waals surface area contributed by atoms with Crippen molar-refractivity contribution < 1.29 is 22.7 Å². The van der Waals surface area contributed by atoms with E-state index >= 15 is 0 Å². The molecule has 1 aliphatic carbocycles. The summed E-state index contributed by atoms with van der Waals surface area (Å²) in [6, 6.07) is 11.7. The molecule has 1 N–H and O–H groups in total. The molecule has 0 bridgehead atoms. The Labute approximate surface area is 158 Å². The van der Waals surface area contributed by atoms with Crippen LogP contribution in [0.2, 0.25) is 0 Å². The summed E-state index contributed by atoms with van der Waals surface area (Å²) in [6.45, 7) is 0. The van der Waals surface area contributed by atoms with Gasteiger partial charge in [0.1, 0.15) is 11.5 Å². The Morgan fingerprint density at radius 2 is 1.67 bits per heavy atom. The maximum atomic E-state index is 12.8. The predicted molar refractivity (Wildman–Crippen MR) is 104 cm³/mol. The highest BCUT2D eigenvalue weighted by molar-refractivity contribution is 7.92. The molecule has 0 saturated heterocycles. The highest BCUT2D eigenvalue weighted by Crippen LogP contribution is 2.38. The summed E-state index contributed by atoms with van der Waals surface area (Å²) in [5.41, 5.74) is 1.24. The minimum Gasteiger partial charge on any atom is -0.497 e. The molecule has 2 aromatic rings. The second-order valence-corrected chi connectivity index (χ2v) is 8.22. The van der Waals surface area contributed by atoms with Crippen LogP contribution >= 0.6 is 0 Å². The predicted octanol–water partition coefficient (Wildman–Crippen LogP) is 2.88. The molecule has 8 heteroatoms. The molecule has 0 atom stereocenters. The largest absolute Gasteiger partial charge is 0.497 e. The van der Waals surface area contributed by atoms with Crippen LogP contribution in [0, 0.1) is 0 Å². The lowest BCUT2D eigenvalue weighted by atomic mass is 10.1. The molecule has 1 fully saturated rings. The van der Waals surface area contributed by atoms with Gasteiger partial charge in [0.15, 0.2) is 0 Å². The molecule has 0 heterocycles. The molecule has 3 rings (SSSR count). The standard InChI is InChI=1S/C19H22N2O5S/c1-25-15-10-13(11-16(12-15)26-2)19(22)20-17-6-4-5-7-18(17)21(14-8-9-14)27(3,23)24/h4-7,10-12,14H,8-9H2,1-3H3,(H,20,22). The van der Waals surface area contributed by atoms with E-state index in [-0.39, 0.29) is 11.9 Å². The highest BCUT2D eigenvalue weighted by Gasteiger charge is 2.36. The van der Waals surface area contributed by atoms with Crippen LogP contribution in [0.4, 0.5) is 11.4 Å². The Morgan fingerprint density at radius 1 is 1.07 bits per heavy atom. The molecule has 0 aromatic heterocycles. The van der Waals surface area contributed by atoms with Crippen LogP contribution in [-0.2, 0) is 10.0 Å². The minimum absolute atomic E-state index is 0.0602. The van der Waals surface area contributed by atoms with Crippen molar-refractivity contribution in [3.05, 3.63) is 48.0 Å². The average Bonchev–Trinajstić information content (AvgIpc) is 3.46. The lowest BCUT2D eigenvalue weighted by Crippen LogP contribution is -2.33. The van der Waals surface area contributed by atoms with Gasteiger partial charge in [-0.05, 0) is 37.1 Å². The van der Waals surface area contributed by atoms with Gasteiger partial charge in [-0.25, -0.2) is 8.42 Å². The third kappa shape index (κ3) is 4.33. The van der Waals surface area contributed by atoms with Crippen molar-refractivity contribution in [3.63, 3.8) is 0 Å². The van der Waals surface area contributed by atoms with Gasteiger partial charge in [-0.2, -0.15) is 0 Å². The van der Waals surface area contributed by atoms with Gasteiger partial charge >= 0.3 is 0 Å². The highest BCUT2D eigenvalue weighted by atomic mass is 32.2. The molecule has 0 spiro atoms. The van der Waals surface area contributed by atoms with Crippen LogP contribution in [0.5, 0.6) is 11.5 Å². The zero-order valence-corrected chi connectivity index (χ0v) is 16.2. The lowest BCUT2D eigenvalue weighted by molar-refractivity contribution is 0.102. The SMILES string of the molecule is COc1cc(OC)cc(C(=O)Nc2ccccc2N(C2CC2)S(C)(=O)=O)c1. The number of amides is 1. The topological polar surface area (TPSA) is 84.9 Å². The van der Waals surface area contributed by atoms with Gasteiger partial charge in [0.05, 0.1) is 31.9 Å². The number of hydrogen-bond donors (Lipinski definition) is 1. The summed E-state index contributed by atoms with van der Waals surface area (Å²) in [7, 11) is -0.446. The fourth-order valence-electron chi connectivity index (χ4n) is 2.86. The van der Waals surface area contributed by atoms with E-state index in [1.807, 2.05) is 0 Å². The fraction of sp³-hybridized carbons (Fsp3) is 0.316. The zero-order valence-electron chi connectivity index (χ0n) is 15.4. The van der Waals surface area contributed by atoms with Crippen LogP contribution in [0.25, 0.3) is 0 Å². The molecular weight excluding hydrogens is 368 g/mol. The molecule has 2 aromatic carbocycles.